The Hall–Kier alpha value is -2.37. The zero-order valence-corrected chi connectivity index (χ0v) is 17.4. The van der Waals surface area contributed by atoms with Crippen LogP contribution in [0.25, 0.3) is 0 Å². The predicted molar refractivity (Wildman–Crippen MR) is 105 cm³/mol. The third-order valence-electron chi connectivity index (χ3n) is 3.71. The van der Waals surface area contributed by atoms with Crippen molar-refractivity contribution in [3.8, 4) is 5.75 Å². The molecule has 0 amide bonds. The van der Waals surface area contributed by atoms with E-state index < -0.39 is 28.1 Å². The van der Waals surface area contributed by atoms with Gasteiger partial charge in [-0.15, -0.1) is 0 Å². The summed E-state index contributed by atoms with van der Waals surface area (Å²) in [4.78, 5) is 5.14. The summed E-state index contributed by atoms with van der Waals surface area (Å²) in [6.07, 6.45) is 0. The first-order valence-electron chi connectivity index (χ1n) is 8.41. The summed E-state index contributed by atoms with van der Waals surface area (Å²) in [6, 6.07) is 8.43. The number of rotatable bonds is 8. The number of alkyl halides is 3. The minimum atomic E-state index is -5.78. The van der Waals surface area contributed by atoms with E-state index in [4.69, 9.17) is 21.2 Å². The number of halogens is 5. The van der Waals surface area contributed by atoms with Crippen LogP contribution in [-0.4, -0.2) is 33.0 Å². The second kappa shape index (κ2) is 9.63. The molecule has 30 heavy (non-hydrogen) atoms. The van der Waals surface area contributed by atoms with E-state index in [0.29, 0.717) is 0 Å². The Morgan fingerprint density at radius 1 is 1.17 bits per heavy atom. The van der Waals surface area contributed by atoms with Gasteiger partial charge in [0, 0.05) is 17.2 Å². The lowest BCUT2D eigenvalue weighted by Crippen LogP contribution is -2.42. The maximum Gasteiger partial charge on any atom is 0.516 e. The molecule has 0 saturated carbocycles. The number of oxime groups is 1. The molecule has 0 aliphatic heterocycles. The van der Waals surface area contributed by atoms with Gasteiger partial charge in [0.1, 0.15) is 12.5 Å². The molecule has 12 heteroatoms. The summed E-state index contributed by atoms with van der Waals surface area (Å²) >= 11 is 5.95. The van der Waals surface area contributed by atoms with Crippen molar-refractivity contribution in [1.29, 1.82) is 0 Å². The number of ether oxygens (including phenoxy) is 1. The Morgan fingerprint density at radius 2 is 1.80 bits per heavy atom. The minimum absolute atomic E-state index is 0.0203. The van der Waals surface area contributed by atoms with E-state index >= 15 is 0 Å². The molecule has 0 radical (unpaired) electrons. The Bertz CT molecular complexity index is 1010. The van der Waals surface area contributed by atoms with Crippen molar-refractivity contribution in [2.24, 2.45) is 5.16 Å². The minimum Gasteiger partial charge on any atom is -0.360 e. The van der Waals surface area contributed by atoms with Crippen LogP contribution >= 0.6 is 11.6 Å². The lowest BCUT2D eigenvalue weighted by atomic mass is 10.1. The molecule has 0 saturated heterocycles. The lowest BCUT2D eigenvalue weighted by molar-refractivity contribution is -0.0445. The Kier molecular flexibility index (Phi) is 7.67. The fraction of sp³-hybridized carbons (Fsp3) is 0.278. The van der Waals surface area contributed by atoms with Gasteiger partial charge < -0.3 is 9.57 Å². The maximum atomic E-state index is 13.2. The van der Waals surface area contributed by atoms with E-state index in [1.54, 1.807) is 0 Å². The summed E-state index contributed by atoms with van der Waals surface area (Å²) < 4.78 is 81.9. The van der Waals surface area contributed by atoms with Gasteiger partial charge in [-0.2, -0.15) is 21.6 Å². The number of anilines is 1. The van der Waals surface area contributed by atoms with E-state index in [1.165, 1.54) is 38.1 Å². The van der Waals surface area contributed by atoms with Gasteiger partial charge in [-0.3, -0.25) is 0 Å². The number of hydrogen-bond acceptors (Lipinski definition) is 5. The van der Waals surface area contributed by atoms with Crippen molar-refractivity contribution < 1.29 is 35.6 Å². The van der Waals surface area contributed by atoms with E-state index in [9.17, 15) is 26.0 Å². The fourth-order valence-corrected chi connectivity index (χ4v) is 3.30. The normalized spacial score (nSPS) is 12.7. The van der Waals surface area contributed by atoms with Crippen molar-refractivity contribution in [3.05, 3.63) is 58.9 Å². The predicted octanol–water partition coefficient (Wildman–Crippen LogP) is 4.93. The van der Waals surface area contributed by atoms with Crippen LogP contribution in [0.15, 0.2) is 47.6 Å². The molecule has 0 atom stereocenters. The molecule has 0 spiro atoms. The van der Waals surface area contributed by atoms with Gasteiger partial charge in [0.25, 0.3) is 0 Å². The Labute approximate surface area is 175 Å². The van der Waals surface area contributed by atoms with Crippen LogP contribution in [0.2, 0.25) is 5.02 Å². The smallest absolute Gasteiger partial charge is 0.360 e. The van der Waals surface area contributed by atoms with Crippen LogP contribution in [0.4, 0.5) is 23.2 Å². The summed E-state index contributed by atoms with van der Waals surface area (Å²) in [5, 5.41) is 3.93. The van der Waals surface area contributed by atoms with Crippen molar-refractivity contribution >= 4 is 33.0 Å². The van der Waals surface area contributed by atoms with Crippen LogP contribution in [0.1, 0.15) is 19.4 Å². The molecule has 0 aliphatic carbocycles. The SMILES string of the molecule is CCOCN(c1ccc(Cl)cc1/C(C)=N/Oc1ccc(F)cc1)S(=O)(=O)C(F)(F)F. The molecule has 0 fully saturated rings. The number of benzene rings is 2. The van der Waals surface area contributed by atoms with Crippen molar-refractivity contribution in [2.45, 2.75) is 19.4 Å². The molecule has 0 unspecified atom stereocenters. The highest BCUT2D eigenvalue weighted by atomic mass is 35.5. The molecule has 0 aliphatic rings. The van der Waals surface area contributed by atoms with Crippen LogP contribution in [0.3, 0.4) is 0 Å². The summed E-state index contributed by atoms with van der Waals surface area (Å²) in [5.74, 6) is -0.336. The highest BCUT2D eigenvalue weighted by molar-refractivity contribution is 7.93. The van der Waals surface area contributed by atoms with Crippen molar-refractivity contribution in [1.82, 2.24) is 0 Å². The first-order chi connectivity index (χ1) is 14.0. The van der Waals surface area contributed by atoms with E-state index in [2.05, 4.69) is 5.16 Å². The zero-order chi connectivity index (χ0) is 22.5. The number of sulfonamides is 1. The van der Waals surface area contributed by atoms with Gasteiger partial charge in [0.05, 0.1) is 11.4 Å². The van der Waals surface area contributed by atoms with Crippen LogP contribution in [0, 0.1) is 5.82 Å². The molecule has 0 heterocycles. The second-order valence-electron chi connectivity index (χ2n) is 5.80. The topological polar surface area (TPSA) is 68.2 Å². The molecular weight excluding hydrogens is 452 g/mol. The Morgan fingerprint density at radius 3 is 2.37 bits per heavy atom. The quantitative estimate of drug-likeness (QED) is 0.238. The molecule has 2 aromatic rings. The van der Waals surface area contributed by atoms with Crippen LogP contribution in [-0.2, 0) is 14.8 Å². The van der Waals surface area contributed by atoms with Crippen molar-refractivity contribution in [2.75, 3.05) is 17.6 Å². The molecule has 6 nitrogen and oxygen atoms in total. The van der Waals surface area contributed by atoms with Gasteiger partial charge in [-0.1, -0.05) is 16.8 Å². The highest BCUT2D eigenvalue weighted by Crippen LogP contribution is 2.34. The molecular formula is C18H17ClF4N2O4S. The van der Waals surface area contributed by atoms with Gasteiger partial charge in [0.2, 0.25) is 0 Å². The summed E-state index contributed by atoms with van der Waals surface area (Å²) in [7, 11) is -5.78. The molecule has 2 rings (SSSR count). The molecule has 164 valence electrons. The van der Waals surface area contributed by atoms with Gasteiger partial charge in [-0.05, 0) is 56.3 Å². The average Bonchev–Trinajstić information content (AvgIpc) is 2.67. The first-order valence-corrected chi connectivity index (χ1v) is 10.2. The van der Waals surface area contributed by atoms with Gasteiger partial charge >= 0.3 is 15.5 Å². The summed E-state index contributed by atoms with van der Waals surface area (Å²) in [5.41, 5.74) is -5.92. The summed E-state index contributed by atoms with van der Waals surface area (Å²) in [6.45, 7) is 1.99. The van der Waals surface area contributed by atoms with E-state index in [-0.39, 0.29) is 38.6 Å². The standard InChI is InChI=1S/C18H17ClF4N2O4S/c1-3-28-11-25(30(26,27)18(21,22)23)17-9-4-13(19)10-16(17)12(2)24-29-15-7-5-14(20)6-8-15/h4-10H,3,11H2,1-2H3/b24-12+. The largest absolute Gasteiger partial charge is 0.516 e. The van der Waals surface area contributed by atoms with E-state index in [1.807, 2.05) is 0 Å². The first kappa shape index (κ1) is 23.9. The molecule has 0 N–H and O–H groups in total. The van der Waals surface area contributed by atoms with Crippen LogP contribution in [0.5, 0.6) is 5.75 Å². The second-order valence-corrected chi connectivity index (χ2v) is 8.09. The van der Waals surface area contributed by atoms with E-state index in [0.717, 1.165) is 18.2 Å². The highest BCUT2D eigenvalue weighted by Gasteiger charge is 2.50. The van der Waals surface area contributed by atoms with Crippen LogP contribution < -0.4 is 9.14 Å². The Balaban J connectivity index is 2.51. The third-order valence-corrected chi connectivity index (χ3v) is 5.42. The van der Waals surface area contributed by atoms with Crippen molar-refractivity contribution in [3.63, 3.8) is 0 Å². The molecule has 2 aromatic carbocycles. The average molecular weight is 469 g/mol. The fourth-order valence-electron chi connectivity index (χ4n) is 2.25. The monoisotopic (exact) mass is 468 g/mol. The lowest BCUT2D eigenvalue weighted by Gasteiger charge is -2.27. The number of nitrogens with zero attached hydrogens (tertiary/aromatic N) is 2. The van der Waals surface area contributed by atoms with Gasteiger partial charge in [0.15, 0.2) is 5.75 Å². The number of hydrogen-bond donors (Lipinski definition) is 0. The maximum absolute atomic E-state index is 13.2. The molecule has 0 bridgehead atoms. The molecule has 0 aromatic heterocycles. The van der Waals surface area contributed by atoms with Gasteiger partial charge in [-0.25, -0.2) is 8.70 Å². The zero-order valence-electron chi connectivity index (χ0n) is 15.8. The third kappa shape index (κ3) is 5.61.